The quantitative estimate of drug-likeness (QED) is 0.434. The van der Waals surface area contributed by atoms with E-state index in [9.17, 15) is 0 Å². The molecule has 0 bridgehead atoms. The van der Waals surface area contributed by atoms with Crippen molar-refractivity contribution < 1.29 is 0 Å². The Kier molecular flexibility index (Phi) is 2.86. The van der Waals surface area contributed by atoms with E-state index in [4.69, 9.17) is 0 Å². The molecule has 2 heterocycles. The second kappa shape index (κ2) is 5.07. The summed E-state index contributed by atoms with van der Waals surface area (Å²) in [4.78, 5) is 4.69. The molecule has 0 unspecified atom stereocenters. The van der Waals surface area contributed by atoms with Gasteiger partial charge in [0.15, 0.2) is 0 Å². The Hall–Kier alpha value is -2.87. The monoisotopic (exact) mass is 305 g/mol. The number of rotatable bonds is 1. The van der Waals surface area contributed by atoms with E-state index < -0.39 is 0 Å². The molecular weight excluding hydrogens is 289 g/mol. The maximum Gasteiger partial charge on any atom is 0.245 e. The van der Waals surface area contributed by atoms with Crippen LogP contribution in [0.25, 0.3) is 22.0 Å². The molecule has 2 heteroatoms. The van der Waals surface area contributed by atoms with E-state index in [-0.39, 0.29) is 6.71 Å². The smallest absolute Gasteiger partial charge is 0.245 e. The highest BCUT2D eigenvalue weighted by Crippen LogP contribution is 2.23. The molecule has 0 saturated heterocycles. The molecule has 0 spiro atoms. The molecule has 1 nitrogen and oxygen atoms in total. The molecule has 3 aromatic carbocycles. The van der Waals surface area contributed by atoms with E-state index >= 15 is 0 Å². The molecule has 4 aromatic rings. The third-order valence-corrected chi connectivity index (χ3v) is 5.06. The van der Waals surface area contributed by atoms with Gasteiger partial charge in [0.25, 0.3) is 0 Å². The lowest BCUT2D eigenvalue weighted by atomic mass is 9.38. The maximum absolute atomic E-state index is 4.69. The second-order valence-electron chi connectivity index (χ2n) is 6.53. The van der Waals surface area contributed by atoms with E-state index in [1.807, 2.05) is 6.20 Å². The van der Waals surface area contributed by atoms with Crippen molar-refractivity contribution in [3.8, 4) is 11.3 Å². The average molecular weight is 305 g/mol. The van der Waals surface area contributed by atoms with Gasteiger partial charge < -0.3 is 0 Å². The second-order valence-corrected chi connectivity index (χ2v) is 6.53. The minimum Gasteiger partial charge on any atom is -0.257 e. The van der Waals surface area contributed by atoms with Crippen molar-refractivity contribution in [2.24, 2.45) is 0 Å². The summed E-state index contributed by atoms with van der Waals surface area (Å²) in [5, 5.41) is 2.62. The van der Waals surface area contributed by atoms with Crippen LogP contribution in [0.2, 0.25) is 0 Å². The van der Waals surface area contributed by atoms with Gasteiger partial charge in [-0.05, 0) is 34.8 Å². The van der Waals surface area contributed by atoms with E-state index in [0.29, 0.717) is 0 Å². The summed E-state index contributed by atoms with van der Waals surface area (Å²) >= 11 is 0. The van der Waals surface area contributed by atoms with Crippen molar-refractivity contribution in [1.29, 1.82) is 0 Å². The lowest BCUT2D eigenvalue weighted by Crippen LogP contribution is -2.49. The van der Waals surface area contributed by atoms with Crippen molar-refractivity contribution >= 4 is 33.9 Å². The molecule has 1 aromatic heterocycles. The Morgan fingerprint density at radius 2 is 1.58 bits per heavy atom. The van der Waals surface area contributed by atoms with Crippen LogP contribution in [0.1, 0.15) is 5.56 Å². The third-order valence-electron chi connectivity index (χ3n) is 5.06. The van der Waals surface area contributed by atoms with Gasteiger partial charge >= 0.3 is 0 Å². The van der Waals surface area contributed by atoms with Gasteiger partial charge in [-0.1, -0.05) is 83.2 Å². The van der Waals surface area contributed by atoms with Crippen LogP contribution < -0.4 is 16.4 Å². The number of aromatic nitrogens is 1. The Bertz CT molecular complexity index is 1080. The Labute approximate surface area is 142 Å². The first-order valence-electron chi connectivity index (χ1n) is 8.36. The normalized spacial score (nSPS) is 12.3. The number of fused-ring (bicyclic) bond motifs is 4. The third kappa shape index (κ3) is 1.86. The van der Waals surface area contributed by atoms with Crippen LogP contribution in [0.5, 0.6) is 0 Å². The summed E-state index contributed by atoms with van der Waals surface area (Å²) in [6.45, 7) is 2.42. The zero-order chi connectivity index (χ0) is 16.1. The summed E-state index contributed by atoms with van der Waals surface area (Å²) in [5.41, 5.74) is 7.76. The molecule has 0 atom stereocenters. The van der Waals surface area contributed by atoms with Crippen molar-refractivity contribution in [2.45, 2.75) is 6.92 Å². The predicted molar refractivity (Wildman–Crippen MR) is 103 cm³/mol. The van der Waals surface area contributed by atoms with Gasteiger partial charge in [0.05, 0.1) is 5.69 Å². The van der Waals surface area contributed by atoms with Gasteiger partial charge in [0.1, 0.15) is 0 Å². The van der Waals surface area contributed by atoms with E-state index in [2.05, 4.69) is 84.7 Å². The highest BCUT2D eigenvalue weighted by atomic mass is 14.7. The number of pyridine rings is 1. The summed E-state index contributed by atoms with van der Waals surface area (Å²) < 4.78 is 0. The Balaban J connectivity index is 1.86. The standard InChI is InChI=1S/C22H16BN/c1-15-11-12-18-21(14-15)23(20-10-5-13-24-22(18)20)19-9-4-7-16-6-2-3-8-17(16)19/h2-14H,1H3. The minimum atomic E-state index is 0.259. The van der Waals surface area contributed by atoms with Gasteiger partial charge in [-0.25, -0.2) is 0 Å². The molecule has 0 fully saturated rings. The Morgan fingerprint density at radius 1 is 0.750 bits per heavy atom. The first kappa shape index (κ1) is 13.6. The zero-order valence-corrected chi connectivity index (χ0v) is 13.5. The van der Waals surface area contributed by atoms with E-state index in [1.54, 1.807) is 0 Å². The van der Waals surface area contributed by atoms with E-state index in [1.165, 1.54) is 38.3 Å². The molecule has 0 N–H and O–H groups in total. The number of aryl methyl sites for hydroxylation is 1. The summed E-state index contributed by atoms with van der Waals surface area (Å²) in [6.07, 6.45) is 1.90. The van der Waals surface area contributed by atoms with Crippen LogP contribution in [0.4, 0.5) is 0 Å². The van der Waals surface area contributed by atoms with Gasteiger partial charge in [-0.2, -0.15) is 0 Å². The lowest BCUT2D eigenvalue weighted by molar-refractivity contribution is 1.35. The van der Waals surface area contributed by atoms with Gasteiger partial charge in [-0.3, -0.25) is 4.98 Å². The highest BCUT2D eigenvalue weighted by Gasteiger charge is 2.34. The molecular formula is C22H16BN. The van der Waals surface area contributed by atoms with Crippen LogP contribution >= 0.6 is 0 Å². The highest BCUT2D eigenvalue weighted by molar-refractivity contribution is 7.00. The zero-order valence-electron chi connectivity index (χ0n) is 13.5. The van der Waals surface area contributed by atoms with Crippen LogP contribution in [0.15, 0.2) is 79.0 Å². The van der Waals surface area contributed by atoms with Crippen LogP contribution in [-0.4, -0.2) is 11.7 Å². The van der Waals surface area contributed by atoms with Gasteiger partial charge in [0, 0.05) is 6.20 Å². The molecule has 0 radical (unpaired) electrons. The van der Waals surface area contributed by atoms with Crippen LogP contribution in [0.3, 0.4) is 0 Å². The number of hydrogen-bond donors (Lipinski definition) is 0. The molecule has 0 saturated carbocycles. The molecule has 112 valence electrons. The minimum absolute atomic E-state index is 0.259. The largest absolute Gasteiger partial charge is 0.257 e. The average Bonchev–Trinajstić information content (AvgIpc) is 2.94. The first-order valence-corrected chi connectivity index (χ1v) is 8.36. The summed E-state index contributed by atoms with van der Waals surface area (Å²) in [7, 11) is 0. The van der Waals surface area contributed by atoms with Crippen molar-refractivity contribution in [2.75, 3.05) is 0 Å². The molecule has 0 aliphatic carbocycles. The van der Waals surface area contributed by atoms with Crippen LogP contribution in [-0.2, 0) is 0 Å². The Morgan fingerprint density at radius 3 is 2.54 bits per heavy atom. The van der Waals surface area contributed by atoms with Crippen molar-refractivity contribution in [3.05, 3.63) is 84.6 Å². The predicted octanol–water partition coefficient (Wildman–Crippen LogP) is 3.04. The number of hydrogen-bond acceptors (Lipinski definition) is 1. The van der Waals surface area contributed by atoms with Gasteiger partial charge in [0.2, 0.25) is 6.71 Å². The molecule has 24 heavy (non-hydrogen) atoms. The SMILES string of the molecule is Cc1ccc2c(c1)B(c1cccc3ccccc13)c1cccnc1-2. The number of benzene rings is 3. The molecule has 1 aliphatic heterocycles. The molecule has 5 rings (SSSR count). The fourth-order valence-electron chi connectivity index (χ4n) is 4.02. The van der Waals surface area contributed by atoms with Crippen molar-refractivity contribution in [3.63, 3.8) is 0 Å². The summed E-state index contributed by atoms with van der Waals surface area (Å²) in [6, 6.07) is 26.3. The van der Waals surface area contributed by atoms with Crippen molar-refractivity contribution in [1.82, 2.24) is 4.98 Å². The first-order chi connectivity index (χ1) is 11.8. The maximum atomic E-state index is 4.69. The molecule has 0 amide bonds. The molecule has 1 aliphatic rings. The topological polar surface area (TPSA) is 12.9 Å². The summed E-state index contributed by atoms with van der Waals surface area (Å²) in [5.74, 6) is 0. The number of nitrogens with zero attached hydrogens (tertiary/aromatic N) is 1. The van der Waals surface area contributed by atoms with E-state index in [0.717, 1.165) is 5.69 Å². The lowest BCUT2D eigenvalue weighted by Gasteiger charge is -2.14. The fourth-order valence-corrected chi connectivity index (χ4v) is 4.02. The van der Waals surface area contributed by atoms with Gasteiger partial charge in [-0.15, -0.1) is 0 Å². The van der Waals surface area contributed by atoms with Crippen LogP contribution in [0, 0.1) is 6.92 Å². The fraction of sp³-hybridized carbons (Fsp3) is 0.0455.